The molecule has 0 atom stereocenters. The topological polar surface area (TPSA) is 86.0 Å². The van der Waals surface area contributed by atoms with Gasteiger partial charge in [0.1, 0.15) is 5.82 Å². The van der Waals surface area contributed by atoms with Gasteiger partial charge in [-0.25, -0.2) is 9.97 Å². The minimum Gasteiger partial charge on any atom is -0.355 e. The van der Waals surface area contributed by atoms with E-state index in [2.05, 4.69) is 32.5 Å². The predicted octanol–water partition coefficient (Wildman–Crippen LogP) is 0.918. The number of guanidine groups is 1. The van der Waals surface area contributed by atoms with Crippen molar-refractivity contribution in [3.63, 3.8) is 0 Å². The van der Waals surface area contributed by atoms with Crippen LogP contribution in [0.4, 0.5) is 0 Å². The van der Waals surface area contributed by atoms with Crippen LogP contribution < -0.4 is 10.6 Å². The van der Waals surface area contributed by atoms with Crippen LogP contribution in [0.3, 0.4) is 0 Å². The molecular formula is C12H18N6S. The summed E-state index contributed by atoms with van der Waals surface area (Å²) in [6.45, 7) is 2.82. The maximum atomic E-state index is 8.46. The molecule has 0 saturated heterocycles. The zero-order valence-corrected chi connectivity index (χ0v) is 12.0. The lowest BCUT2D eigenvalue weighted by Gasteiger charge is -2.06. The number of aliphatic imine (C=N–C) groups is 1. The van der Waals surface area contributed by atoms with Gasteiger partial charge in [0.2, 0.25) is 5.96 Å². The van der Waals surface area contributed by atoms with Gasteiger partial charge in [-0.3, -0.25) is 10.3 Å². The summed E-state index contributed by atoms with van der Waals surface area (Å²) in [5.41, 5.74) is 1.15. The van der Waals surface area contributed by atoms with E-state index in [1.165, 1.54) is 0 Å². The molecule has 0 amide bonds. The number of nitrogens with one attached hydrogen (secondary N) is 2. The first-order valence-corrected chi connectivity index (χ1v) is 7.19. The third-order valence-corrected chi connectivity index (χ3v) is 3.29. The van der Waals surface area contributed by atoms with Crippen LogP contribution in [-0.4, -0.2) is 35.3 Å². The number of aromatic nitrogens is 2. The second kappa shape index (κ2) is 9.16. The maximum Gasteiger partial charge on any atom is 0.204 e. The van der Waals surface area contributed by atoms with Gasteiger partial charge in [0.25, 0.3) is 0 Å². The number of aryl methyl sites for hydroxylation is 1. The Morgan fingerprint density at radius 2 is 2.21 bits per heavy atom. The van der Waals surface area contributed by atoms with Gasteiger partial charge < -0.3 is 5.32 Å². The second-order valence-corrected chi connectivity index (χ2v) is 4.75. The molecular weight excluding hydrogens is 260 g/mol. The van der Waals surface area contributed by atoms with Crippen LogP contribution in [0.25, 0.3) is 0 Å². The molecule has 0 unspecified atom stereocenters. The molecule has 0 bridgehead atoms. The molecule has 0 aromatic carbocycles. The molecule has 1 aromatic heterocycles. The third kappa shape index (κ3) is 6.06. The van der Waals surface area contributed by atoms with E-state index in [1.807, 2.05) is 18.6 Å². The normalized spacial score (nSPS) is 10.9. The minimum absolute atomic E-state index is 0.492. The highest BCUT2D eigenvalue weighted by Crippen LogP contribution is 2.07. The van der Waals surface area contributed by atoms with Gasteiger partial charge >= 0.3 is 0 Å². The Balaban J connectivity index is 2.18. The molecule has 1 rings (SSSR count). The van der Waals surface area contributed by atoms with Crippen LogP contribution in [0.1, 0.15) is 18.3 Å². The molecule has 0 aliphatic heterocycles. The fourth-order valence-corrected chi connectivity index (χ4v) is 2.00. The third-order valence-electron chi connectivity index (χ3n) is 2.33. The second-order valence-electron chi connectivity index (χ2n) is 3.65. The number of nitriles is 1. The van der Waals surface area contributed by atoms with Gasteiger partial charge in [0.15, 0.2) is 6.19 Å². The molecule has 102 valence electrons. The fraction of sp³-hybridized carbons (Fsp3) is 0.500. The first-order valence-electron chi connectivity index (χ1n) is 6.03. The average molecular weight is 278 g/mol. The van der Waals surface area contributed by atoms with Gasteiger partial charge in [-0.15, -0.1) is 0 Å². The Hall–Kier alpha value is -1.81. The summed E-state index contributed by atoms with van der Waals surface area (Å²) in [7, 11) is 1.63. The minimum atomic E-state index is 0.492. The molecule has 0 aliphatic rings. The van der Waals surface area contributed by atoms with Gasteiger partial charge in [-0.2, -0.15) is 17.0 Å². The summed E-state index contributed by atoms with van der Waals surface area (Å²) < 4.78 is 0. The monoisotopic (exact) mass is 278 g/mol. The summed E-state index contributed by atoms with van der Waals surface area (Å²) >= 11 is 1.74. The van der Waals surface area contributed by atoms with Gasteiger partial charge in [0, 0.05) is 31.7 Å². The summed E-state index contributed by atoms with van der Waals surface area (Å²) in [5, 5.41) is 14.0. The van der Waals surface area contributed by atoms with E-state index in [0.29, 0.717) is 5.96 Å². The van der Waals surface area contributed by atoms with E-state index in [-0.39, 0.29) is 0 Å². The summed E-state index contributed by atoms with van der Waals surface area (Å²) in [6, 6.07) is 0. The molecule has 0 fully saturated rings. The van der Waals surface area contributed by atoms with Crippen molar-refractivity contribution in [2.45, 2.75) is 19.1 Å². The van der Waals surface area contributed by atoms with E-state index in [0.717, 1.165) is 35.9 Å². The first-order chi connectivity index (χ1) is 9.30. The quantitative estimate of drug-likeness (QED) is 0.264. The lowest BCUT2D eigenvalue weighted by Crippen LogP contribution is -2.35. The Morgan fingerprint density at radius 3 is 2.79 bits per heavy atom. The number of nitrogens with zero attached hydrogens (tertiary/aromatic N) is 4. The highest BCUT2D eigenvalue weighted by molar-refractivity contribution is 7.98. The van der Waals surface area contributed by atoms with Gasteiger partial charge in [-0.05, 0) is 12.0 Å². The standard InChI is InChI=1S/C12H18N6S/c1-3-10-6-16-11(17-7-10)8-19-5-4-15-12(14-2)18-9-13/h6-7H,3-5,8H2,1-2H3,(H2,14,15,18). The lowest BCUT2D eigenvalue weighted by atomic mass is 10.3. The molecule has 19 heavy (non-hydrogen) atoms. The predicted molar refractivity (Wildman–Crippen MR) is 77.7 cm³/mol. The summed E-state index contributed by atoms with van der Waals surface area (Å²) in [5.74, 6) is 3.02. The van der Waals surface area contributed by atoms with Crippen LogP contribution in [0.2, 0.25) is 0 Å². The van der Waals surface area contributed by atoms with Crippen molar-refractivity contribution in [3.8, 4) is 6.19 Å². The number of hydrogen-bond donors (Lipinski definition) is 2. The molecule has 0 saturated carbocycles. The Kier molecular flexibility index (Phi) is 7.35. The van der Waals surface area contributed by atoms with Crippen molar-refractivity contribution in [3.05, 3.63) is 23.8 Å². The molecule has 1 aromatic rings. The lowest BCUT2D eigenvalue weighted by molar-refractivity contribution is 0.928. The molecule has 0 radical (unpaired) electrons. The summed E-state index contributed by atoms with van der Waals surface area (Å²) in [4.78, 5) is 12.5. The van der Waals surface area contributed by atoms with Crippen LogP contribution in [0, 0.1) is 11.5 Å². The molecule has 0 aliphatic carbocycles. The smallest absolute Gasteiger partial charge is 0.204 e. The van der Waals surface area contributed by atoms with E-state index in [9.17, 15) is 0 Å². The van der Waals surface area contributed by atoms with E-state index >= 15 is 0 Å². The molecule has 2 N–H and O–H groups in total. The van der Waals surface area contributed by atoms with Crippen molar-refractivity contribution in [1.82, 2.24) is 20.6 Å². The SMILES string of the molecule is CCc1cnc(CSCCNC(=NC)NC#N)nc1. The van der Waals surface area contributed by atoms with E-state index in [1.54, 1.807) is 18.8 Å². The van der Waals surface area contributed by atoms with Crippen molar-refractivity contribution in [2.24, 2.45) is 4.99 Å². The van der Waals surface area contributed by atoms with Crippen molar-refractivity contribution < 1.29 is 0 Å². The first kappa shape index (κ1) is 15.2. The van der Waals surface area contributed by atoms with Crippen LogP contribution in [0.5, 0.6) is 0 Å². The van der Waals surface area contributed by atoms with Crippen molar-refractivity contribution in [1.29, 1.82) is 5.26 Å². The van der Waals surface area contributed by atoms with E-state index < -0.39 is 0 Å². The number of rotatable bonds is 6. The molecule has 0 spiro atoms. The zero-order valence-electron chi connectivity index (χ0n) is 11.2. The van der Waals surface area contributed by atoms with Gasteiger partial charge in [-0.1, -0.05) is 6.92 Å². The van der Waals surface area contributed by atoms with Crippen molar-refractivity contribution >= 4 is 17.7 Å². The molecule has 6 nitrogen and oxygen atoms in total. The molecule has 7 heteroatoms. The zero-order chi connectivity index (χ0) is 13.9. The number of thioether (sulfide) groups is 1. The van der Waals surface area contributed by atoms with E-state index in [4.69, 9.17) is 5.26 Å². The Labute approximate surface area is 117 Å². The van der Waals surface area contributed by atoms with Crippen LogP contribution in [-0.2, 0) is 12.2 Å². The largest absolute Gasteiger partial charge is 0.355 e. The Morgan fingerprint density at radius 1 is 1.47 bits per heavy atom. The van der Waals surface area contributed by atoms with Gasteiger partial charge in [0.05, 0.1) is 5.75 Å². The highest BCUT2D eigenvalue weighted by Gasteiger charge is 1.98. The number of hydrogen-bond acceptors (Lipinski definition) is 5. The maximum absolute atomic E-state index is 8.46. The van der Waals surface area contributed by atoms with Crippen LogP contribution in [0.15, 0.2) is 17.4 Å². The molecule has 1 heterocycles. The summed E-state index contributed by atoms with van der Waals surface area (Å²) in [6.07, 6.45) is 6.54. The average Bonchev–Trinajstić information content (AvgIpc) is 2.46. The van der Waals surface area contributed by atoms with Crippen molar-refractivity contribution in [2.75, 3.05) is 19.3 Å². The van der Waals surface area contributed by atoms with Crippen LogP contribution >= 0.6 is 11.8 Å². The fourth-order valence-electron chi connectivity index (χ4n) is 1.28. The Bertz CT molecular complexity index is 437. The highest BCUT2D eigenvalue weighted by atomic mass is 32.2.